The lowest BCUT2D eigenvalue weighted by Crippen LogP contribution is -2.55. The molecule has 0 aromatic heterocycles. The molecule has 0 fully saturated rings. The summed E-state index contributed by atoms with van der Waals surface area (Å²) in [6, 6.07) is 7.41. The number of aliphatic hydroxyl groups is 2. The van der Waals surface area contributed by atoms with E-state index in [1.54, 1.807) is 0 Å². The largest absolute Gasteiger partial charge is 0.508 e. The summed E-state index contributed by atoms with van der Waals surface area (Å²) < 4.78 is 23.7. The molecule has 8 aromatic rings. The van der Waals surface area contributed by atoms with Crippen LogP contribution in [0, 0.1) is 6.92 Å². The highest BCUT2D eigenvalue weighted by Gasteiger charge is 2.43. The maximum Gasteiger partial charge on any atom is 0.333 e. The lowest BCUT2D eigenvalue weighted by Gasteiger charge is -2.32. The molecular weight excluding hydrogens is 1380 g/mol. The van der Waals surface area contributed by atoms with Crippen LogP contribution in [0.1, 0.15) is 86.9 Å². The second-order valence-corrected chi connectivity index (χ2v) is 24.3. The number of anilines is 2. The number of benzene rings is 7. The zero-order valence-electron chi connectivity index (χ0n) is 54.4. The molecule has 14 rings (SSSR count). The van der Waals surface area contributed by atoms with E-state index < -0.39 is 230 Å². The molecule has 540 valence electrons. The summed E-state index contributed by atoms with van der Waals surface area (Å²) in [5.74, 6) is -18.9. The summed E-state index contributed by atoms with van der Waals surface area (Å²) >= 11 is 0. The molecule has 6 heterocycles. The Morgan fingerprint density at radius 3 is 1.57 bits per heavy atom. The second kappa shape index (κ2) is 28.6. The Hall–Kier alpha value is -14.0. The van der Waals surface area contributed by atoms with E-state index in [9.17, 15) is 74.4 Å². The fourth-order valence-corrected chi connectivity index (χ4v) is 12.0. The van der Waals surface area contributed by atoms with E-state index >= 15 is 24.0 Å². The van der Waals surface area contributed by atoms with E-state index in [-0.39, 0.29) is 50.6 Å². The number of esters is 1. The number of aromatic hydroxyl groups is 6. The molecular formula is C70H60N10O25. The molecule has 6 aliphatic rings. The molecule has 35 heteroatoms. The van der Waals surface area contributed by atoms with Crippen LogP contribution in [0.5, 0.6) is 69.0 Å². The Kier molecular flexibility index (Phi) is 19.3. The average molecular weight is 1440 g/mol. The van der Waals surface area contributed by atoms with Crippen LogP contribution in [-0.2, 0) is 52.7 Å². The van der Waals surface area contributed by atoms with Gasteiger partial charge in [0.1, 0.15) is 107 Å². The average Bonchev–Trinajstić information content (AvgIpc) is 0.773. The number of carbonyl (C=O) groups excluding carboxylic acids is 9. The number of aliphatic carboxylic acids is 1. The van der Waals surface area contributed by atoms with Gasteiger partial charge in [-0.05, 0) is 119 Å². The first kappa shape index (κ1) is 70.9. The minimum absolute atomic E-state index is 0.0907. The van der Waals surface area contributed by atoms with Gasteiger partial charge in [0, 0.05) is 28.3 Å². The van der Waals surface area contributed by atoms with Crippen molar-refractivity contribution in [3.63, 3.8) is 0 Å². The molecule has 0 aliphatic carbocycles. The zero-order valence-corrected chi connectivity index (χ0v) is 54.4. The van der Waals surface area contributed by atoms with Crippen molar-refractivity contribution >= 4 is 70.6 Å². The molecule has 0 spiro atoms. The molecule has 17 bridgehead atoms. The normalized spacial score (nSPS) is 20.6. The Morgan fingerprint density at radius 1 is 0.467 bits per heavy atom. The number of carbonyl (C=O) groups is 10. The van der Waals surface area contributed by atoms with Gasteiger partial charge in [-0.15, -0.1) is 0 Å². The van der Waals surface area contributed by atoms with E-state index in [1.165, 1.54) is 55.5 Å². The highest BCUT2D eigenvalue weighted by molar-refractivity contribution is 6.01. The van der Waals surface area contributed by atoms with Crippen LogP contribution in [0.2, 0.25) is 0 Å². The van der Waals surface area contributed by atoms with Gasteiger partial charge in [0.25, 0.3) is 10.9 Å². The standard InChI is InChI=1S/C70H60N10O25/c1-26-40(84)16-31-18-42(26)105-43-17-30(8-14-39(43)83)50(74-56-55(62(93)63(56)94)73-24-47(87)71-23-46(86)72-25-48(88)89)64(95)79-57-59(90)27-3-9-34(10-4-27)103-44-19-32-20-45(61(44)92)104-35-11-5-28(6-12-35)60(91)58-69(100)78-54(70(101)102-2)37-21-33(81)22-41(85)49(37)36-15-29(7-13-38(36)82)51(65(96)80-58)75-67(98)53(32)76-66(97)52(31)77-68(57)99/h3-22,50-54,57-60,73-74,81-85,90-92H,23-25H2,1-2H3,(H,71,87)(H,72,86)(H,75,98)(H,76,97)(H,77,99)(H,78,100)(H,79,95)(H,80,96)(H,88,89)/t50-,51-,52+,53-,54+,57-,58+,59-,60-/m1/s1. The number of fused-ring (bicyclic) bond motifs is 14. The van der Waals surface area contributed by atoms with E-state index in [0.717, 1.165) is 79.9 Å². The molecule has 9 atom stereocenters. The number of carboxylic acids is 1. The lowest BCUT2D eigenvalue weighted by molar-refractivity contribution is -0.146. The summed E-state index contributed by atoms with van der Waals surface area (Å²) in [4.78, 5) is 169. The van der Waals surface area contributed by atoms with Crippen molar-refractivity contribution in [3.8, 4) is 80.1 Å². The van der Waals surface area contributed by atoms with Crippen molar-refractivity contribution < 1.29 is 113 Å². The first-order chi connectivity index (χ1) is 50.0. The number of aliphatic hydroxyl groups excluding tert-OH is 2. The number of ether oxygens (including phenoxy) is 4. The topological polar surface area (TPSA) is 544 Å². The van der Waals surface area contributed by atoms with Crippen LogP contribution in [-0.4, -0.2) is 144 Å². The molecule has 8 aromatic carbocycles. The lowest BCUT2D eigenvalue weighted by atomic mass is 9.89. The fourth-order valence-electron chi connectivity index (χ4n) is 12.0. The number of hydrogen-bond acceptors (Lipinski definition) is 26. The van der Waals surface area contributed by atoms with Gasteiger partial charge in [-0.25, -0.2) is 4.79 Å². The number of methoxy groups -OCH3 is 1. The molecule has 35 nitrogen and oxygen atoms in total. The maximum atomic E-state index is 15.9. The molecule has 8 amide bonds. The van der Waals surface area contributed by atoms with Gasteiger partial charge in [-0.1, -0.05) is 36.4 Å². The summed E-state index contributed by atoms with van der Waals surface area (Å²) in [6.07, 6.45) is -4.23. The van der Waals surface area contributed by atoms with Gasteiger partial charge >= 0.3 is 11.9 Å². The van der Waals surface area contributed by atoms with Gasteiger partial charge in [0.15, 0.2) is 29.0 Å². The third kappa shape index (κ3) is 14.3. The zero-order chi connectivity index (χ0) is 75.1. The van der Waals surface area contributed by atoms with E-state index in [2.05, 4.69) is 47.9 Å². The third-order valence-electron chi connectivity index (χ3n) is 17.5. The molecule has 105 heavy (non-hydrogen) atoms. The molecule has 0 saturated carbocycles. The van der Waals surface area contributed by atoms with Crippen molar-refractivity contribution in [2.75, 3.05) is 37.4 Å². The highest BCUT2D eigenvalue weighted by atomic mass is 16.5. The minimum Gasteiger partial charge on any atom is -0.508 e. The monoisotopic (exact) mass is 1440 g/mol. The van der Waals surface area contributed by atoms with Crippen molar-refractivity contribution in [2.45, 2.75) is 61.4 Å². The minimum atomic E-state index is -2.27. The van der Waals surface area contributed by atoms with E-state index in [0.29, 0.717) is 0 Å². The number of phenols is 6. The first-order valence-electron chi connectivity index (χ1n) is 31.6. The summed E-state index contributed by atoms with van der Waals surface area (Å²) in [5, 5.41) is 127. The summed E-state index contributed by atoms with van der Waals surface area (Å²) in [5.41, 5.74) is -6.49. The van der Waals surface area contributed by atoms with Crippen LogP contribution < -0.4 is 78.2 Å². The van der Waals surface area contributed by atoms with E-state index in [1.807, 2.05) is 5.32 Å². The number of rotatable bonds is 10. The van der Waals surface area contributed by atoms with Gasteiger partial charge in [0.05, 0.1) is 20.2 Å². The smallest absolute Gasteiger partial charge is 0.333 e. The summed E-state index contributed by atoms with van der Waals surface area (Å²) in [7, 11) is 0.948. The Balaban J connectivity index is 1.00. The maximum absolute atomic E-state index is 15.9. The third-order valence-corrected chi connectivity index (χ3v) is 17.5. The van der Waals surface area contributed by atoms with Crippen molar-refractivity contribution in [2.24, 2.45) is 0 Å². The Bertz CT molecular complexity index is 5040. The number of nitrogens with one attached hydrogen (secondary N) is 10. The van der Waals surface area contributed by atoms with Crippen LogP contribution in [0.25, 0.3) is 11.1 Å². The van der Waals surface area contributed by atoms with Gasteiger partial charge in [-0.3, -0.25) is 52.7 Å². The number of phenolic OH excluding ortho intramolecular Hbond substituents is 6. The second-order valence-electron chi connectivity index (χ2n) is 24.3. The quantitative estimate of drug-likeness (QED) is 0.0672. The Morgan fingerprint density at radius 2 is 0.962 bits per heavy atom. The highest BCUT2D eigenvalue weighted by Crippen LogP contribution is 2.48. The van der Waals surface area contributed by atoms with Crippen molar-refractivity contribution in [1.82, 2.24) is 42.5 Å². The van der Waals surface area contributed by atoms with E-state index in [4.69, 9.17) is 24.1 Å². The van der Waals surface area contributed by atoms with Crippen molar-refractivity contribution in [1.29, 1.82) is 0 Å². The van der Waals surface area contributed by atoms with Crippen LogP contribution in [0.4, 0.5) is 11.4 Å². The van der Waals surface area contributed by atoms with Gasteiger partial charge in [-0.2, -0.15) is 0 Å². The van der Waals surface area contributed by atoms with Gasteiger partial charge < -0.3 is 118 Å². The fraction of sp³-hybridized carbons (Fsp3) is 0.200. The Labute approximate surface area is 589 Å². The first-order valence-corrected chi connectivity index (χ1v) is 31.6. The molecule has 19 N–H and O–H groups in total. The SMILES string of the molecule is COC(=O)[C@H]1NC(=O)[C@H]2NC(=O)[C@H](NC(=O)[C@@H]3NC(=O)[C@H]4NC(=O)[C@H](NC(=O)[C@H](Nc5c(NCC(=O)NCC(=O)NCC(=O)O)c(=O)c5=O)c5ccc(O)c(c5)Oc5cc4cc(O)c5C)[C@H](O)c4ccc(cc4)Oc4cc3cc(c4O)Oc3ccc(cc3)[C@H]2O)c2ccc(O)c(c2)-c2c(O)cc(O)cc21. The number of carboxylic acid groups (broad SMARTS) is 1. The molecule has 6 aliphatic heterocycles. The number of hydrogen-bond donors (Lipinski definition) is 19. The molecule has 0 saturated heterocycles. The molecule has 0 unspecified atom stereocenters. The van der Waals surface area contributed by atoms with Crippen LogP contribution >= 0.6 is 0 Å². The molecule has 0 radical (unpaired) electrons. The van der Waals surface area contributed by atoms with Crippen LogP contribution in [0.3, 0.4) is 0 Å². The summed E-state index contributed by atoms with van der Waals surface area (Å²) in [6.45, 7) is -0.925. The predicted molar refractivity (Wildman–Crippen MR) is 358 cm³/mol. The number of amides is 8. The van der Waals surface area contributed by atoms with Crippen molar-refractivity contribution in [3.05, 3.63) is 186 Å². The predicted octanol–water partition coefficient (Wildman–Crippen LogP) is 1.04. The van der Waals surface area contributed by atoms with Crippen LogP contribution in [0.15, 0.2) is 131 Å². The van der Waals surface area contributed by atoms with Gasteiger partial charge in [0.2, 0.25) is 53.0 Å².